The minimum Gasteiger partial charge on any atom is -0.507 e. The monoisotopic (exact) mass is 539 g/mol. The van der Waals surface area contributed by atoms with Gasteiger partial charge in [0, 0.05) is 46.6 Å². The Hall–Kier alpha value is -5.10. The van der Waals surface area contributed by atoms with Gasteiger partial charge in [0.2, 0.25) is 0 Å². The van der Waals surface area contributed by atoms with Crippen molar-refractivity contribution in [1.82, 2.24) is 9.13 Å². The molecule has 0 unspecified atom stereocenters. The molecule has 0 saturated heterocycles. The number of phenolic OH excluding ortho intramolecular Hbond substituents is 1. The Balaban J connectivity index is 1.55. The van der Waals surface area contributed by atoms with Gasteiger partial charge in [-0.25, -0.2) is 0 Å². The number of carbonyl (C=O) groups excluding carboxylic acids is 2. The molecule has 41 heavy (non-hydrogen) atoms. The normalized spacial score (nSPS) is 13.2. The van der Waals surface area contributed by atoms with E-state index in [1.807, 2.05) is 72.8 Å². The van der Waals surface area contributed by atoms with Gasteiger partial charge < -0.3 is 20.0 Å². The number of aromatic hydroxyl groups is 1. The molecule has 1 aliphatic carbocycles. The van der Waals surface area contributed by atoms with Crippen molar-refractivity contribution >= 4 is 33.5 Å². The van der Waals surface area contributed by atoms with Crippen LogP contribution >= 0.6 is 0 Å². The molecule has 0 radical (unpaired) electrons. The van der Waals surface area contributed by atoms with Crippen LogP contribution in [0.15, 0.2) is 103 Å². The Morgan fingerprint density at radius 1 is 0.756 bits per heavy atom. The second-order valence-electron chi connectivity index (χ2n) is 10.8. The fourth-order valence-electron chi connectivity index (χ4n) is 6.13. The third-order valence-electron chi connectivity index (χ3n) is 8.11. The van der Waals surface area contributed by atoms with E-state index in [0.29, 0.717) is 18.7 Å². The molecule has 1 saturated carbocycles. The van der Waals surface area contributed by atoms with E-state index in [2.05, 4.69) is 33.4 Å². The van der Waals surface area contributed by atoms with E-state index in [1.165, 1.54) is 0 Å². The lowest BCUT2D eigenvalue weighted by Gasteiger charge is -2.13. The molecule has 1 amide bonds. The van der Waals surface area contributed by atoms with Gasteiger partial charge in [0.05, 0.1) is 16.8 Å². The molecule has 7 rings (SSSR count). The molecule has 3 N–H and O–H groups in total. The number of Topliss-reactive ketones (excluding diaryl/α,β-unsaturated/α-hetero) is 1. The van der Waals surface area contributed by atoms with E-state index >= 15 is 0 Å². The minimum atomic E-state index is -0.956. The van der Waals surface area contributed by atoms with Gasteiger partial charge in [0.25, 0.3) is 11.7 Å². The van der Waals surface area contributed by atoms with Gasteiger partial charge >= 0.3 is 0 Å². The number of primary amides is 1. The molecule has 0 aliphatic heterocycles. The van der Waals surface area contributed by atoms with Crippen LogP contribution in [0.2, 0.25) is 0 Å². The summed E-state index contributed by atoms with van der Waals surface area (Å²) >= 11 is 0. The smallest absolute Gasteiger partial charge is 0.289 e. The lowest BCUT2D eigenvalue weighted by Crippen LogP contribution is -2.24. The van der Waals surface area contributed by atoms with Crippen LogP contribution in [0.5, 0.6) is 5.75 Å². The number of phenols is 1. The van der Waals surface area contributed by atoms with E-state index in [0.717, 1.165) is 62.7 Å². The number of carbonyl (C=O) groups is 2. The summed E-state index contributed by atoms with van der Waals surface area (Å²) in [6, 6.07) is 33.8. The fourth-order valence-corrected chi connectivity index (χ4v) is 6.13. The van der Waals surface area contributed by atoms with Gasteiger partial charge in [-0.1, -0.05) is 78.9 Å². The summed E-state index contributed by atoms with van der Waals surface area (Å²) in [6.45, 7) is 1.14. The van der Waals surface area contributed by atoms with Gasteiger partial charge in [0.1, 0.15) is 5.75 Å². The first kappa shape index (κ1) is 24.9. The number of benzene rings is 4. The van der Waals surface area contributed by atoms with Crippen LogP contribution in [0.3, 0.4) is 0 Å². The number of hydrogen-bond acceptors (Lipinski definition) is 3. The van der Waals surface area contributed by atoms with Gasteiger partial charge in [-0.15, -0.1) is 0 Å². The molecule has 6 nitrogen and oxygen atoms in total. The molecule has 2 aromatic heterocycles. The highest BCUT2D eigenvalue weighted by Crippen LogP contribution is 2.48. The lowest BCUT2D eigenvalue weighted by molar-refractivity contribution is -0.114. The summed E-state index contributed by atoms with van der Waals surface area (Å²) in [5.41, 5.74) is 12.6. The van der Waals surface area contributed by atoms with Crippen LogP contribution in [0.4, 0.5) is 0 Å². The van der Waals surface area contributed by atoms with E-state index in [1.54, 1.807) is 6.07 Å². The number of nitrogens with zero attached hydrogens (tertiary/aromatic N) is 2. The van der Waals surface area contributed by atoms with Crippen molar-refractivity contribution in [3.05, 3.63) is 126 Å². The zero-order valence-corrected chi connectivity index (χ0v) is 22.5. The lowest BCUT2D eigenvalue weighted by atomic mass is 9.97. The molecule has 0 bridgehead atoms. The zero-order valence-electron chi connectivity index (χ0n) is 22.5. The van der Waals surface area contributed by atoms with Crippen LogP contribution in [0, 0.1) is 0 Å². The summed E-state index contributed by atoms with van der Waals surface area (Å²) in [6.07, 6.45) is 1.92. The summed E-state index contributed by atoms with van der Waals surface area (Å²) in [5.74, 6) is -1.24. The molecule has 202 valence electrons. The maximum atomic E-state index is 13.6. The summed E-state index contributed by atoms with van der Waals surface area (Å²) < 4.78 is 4.37. The molecule has 0 atom stereocenters. The van der Waals surface area contributed by atoms with Crippen molar-refractivity contribution < 1.29 is 14.7 Å². The van der Waals surface area contributed by atoms with Gasteiger partial charge in [0.15, 0.2) is 0 Å². The average molecular weight is 540 g/mol. The zero-order chi connectivity index (χ0) is 28.1. The Morgan fingerprint density at radius 3 is 2.00 bits per heavy atom. The van der Waals surface area contributed by atoms with Crippen molar-refractivity contribution in [1.29, 1.82) is 0 Å². The first-order valence-electron chi connectivity index (χ1n) is 13.9. The van der Waals surface area contributed by atoms with Gasteiger partial charge in [-0.2, -0.15) is 0 Å². The number of hydrogen-bond donors (Lipinski definition) is 2. The standard InChI is InChI=1S/C35H29N3O3/c36-35(41)34(40)32-31-25(13-7-15-28(31)38(33(32)24-17-18-24)21-23-11-5-2-6-12-23)29-19-26-27(14-8-16-30(26)39)37(29)20-22-9-3-1-4-10-22/h1-16,19,24,39H,17-18,20-21H2,(H2,36,41). The maximum absolute atomic E-state index is 13.6. The van der Waals surface area contributed by atoms with Crippen molar-refractivity contribution in [3.63, 3.8) is 0 Å². The molecule has 1 fully saturated rings. The number of amides is 1. The van der Waals surface area contributed by atoms with E-state index in [-0.39, 0.29) is 11.7 Å². The van der Waals surface area contributed by atoms with Crippen molar-refractivity contribution in [3.8, 4) is 17.0 Å². The number of fused-ring (bicyclic) bond motifs is 2. The van der Waals surface area contributed by atoms with Crippen LogP contribution in [-0.4, -0.2) is 25.9 Å². The topological polar surface area (TPSA) is 90.2 Å². The van der Waals surface area contributed by atoms with Gasteiger partial charge in [-0.3, -0.25) is 9.59 Å². The van der Waals surface area contributed by atoms with Crippen LogP contribution in [-0.2, 0) is 17.9 Å². The SMILES string of the molecule is NC(=O)C(=O)c1c(C2CC2)n(Cc2ccccc2)c2cccc(-c3cc4c(O)cccc4n3Cc3ccccc3)c12. The predicted molar refractivity (Wildman–Crippen MR) is 161 cm³/mol. The second kappa shape index (κ2) is 9.82. The Labute approximate surface area is 237 Å². The van der Waals surface area contributed by atoms with Crippen LogP contribution in [0.25, 0.3) is 33.1 Å². The number of rotatable bonds is 8. The highest BCUT2D eigenvalue weighted by Gasteiger charge is 2.36. The van der Waals surface area contributed by atoms with Gasteiger partial charge in [-0.05, 0) is 48.2 Å². The quantitative estimate of drug-likeness (QED) is 0.168. The number of nitrogens with two attached hydrogens (primary N) is 1. The predicted octanol–water partition coefficient (Wildman–Crippen LogP) is 6.61. The Bertz CT molecular complexity index is 1950. The van der Waals surface area contributed by atoms with E-state index in [4.69, 9.17) is 5.73 Å². The maximum Gasteiger partial charge on any atom is 0.289 e. The Kier molecular flexibility index (Phi) is 5.97. The molecule has 6 aromatic rings. The first-order chi connectivity index (χ1) is 20.0. The fraction of sp³-hybridized carbons (Fsp3) is 0.143. The second-order valence-corrected chi connectivity index (χ2v) is 10.8. The summed E-state index contributed by atoms with van der Waals surface area (Å²) in [5, 5.41) is 12.3. The highest BCUT2D eigenvalue weighted by molar-refractivity contribution is 6.45. The molecule has 0 spiro atoms. The molecular weight excluding hydrogens is 510 g/mol. The molecule has 1 aliphatic rings. The largest absolute Gasteiger partial charge is 0.507 e. The average Bonchev–Trinajstić information content (AvgIpc) is 3.69. The van der Waals surface area contributed by atoms with E-state index < -0.39 is 11.7 Å². The number of aromatic nitrogens is 2. The van der Waals surface area contributed by atoms with Crippen molar-refractivity contribution in [2.75, 3.05) is 0 Å². The molecule has 2 heterocycles. The van der Waals surface area contributed by atoms with Crippen molar-refractivity contribution in [2.24, 2.45) is 5.73 Å². The van der Waals surface area contributed by atoms with Crippen LogP contribution in [0.1, 0.15) is 45.9 Å². The molecule has 6 heteroatoms. The van der Waals surface area contributed by atoms with E-state index in [9.17, 15) is 14.7 Å². The third kappa shape index (κ3) is 4.28. The third-order valence-corrected chi connectivity index (χ3v) is 8.11. The summed E-state index contributed by atoms with van der Waals surface area (Å²) in [4.78, 5) is 26.1. The van der Waals surface area contributed by atoms with Crippen LogP contribution < -0.4 is 5.73 Å². The first-order valence-corrected chi connectivity index (χ1v) is 13.9. The minimum absolute atomic E-state index is 0.191. The van der Waals surface area contributed by atoms with Crippen molar-refractivity contribution in [2.45, 2.75) is 31.8 Å². The molecular formula is C35H29N3O3. The Morgan fingerprint density at radius 2 is 1.37 bits per heavy atom. The number of ketones is 1. The molecule has 4 aromatic carbocycles. The highest BCUT2D eigenvalue weighted by atomic mass is 16.3. The summed E-state index contributed by atoms with van der Waals surface area (Å²) in [7, 11) is 0.